The minimum absolute atomic E-state index is 0.0869. The van der Waals surface area contributed by atoms with E-state index in [1.165, 1.54) is 32.4 Å². The smallest absolute Gasteiger partial charge is 0.233 e. The van der Waals surface area contributed by atoms with Crippen LogP contribution in [0.4, 0.5) is 0 Å². The van der Waals surface area contributed by atoms with Crippen molar-refractivity contribution >= 4 is 29.3 Å². The molecule has 1 aromatic carbocycles. The van der Waals surface area contributed by atoms with Crippen molar-refractivity contribution in [2.75, 3.05) is 26.2 Å². The maximum absolute atomic E-state index is 12.1. The van der Waals surface area contributed by atoms with Gasteiger partial charge < -0.3 is 10.2 Å². The molecular formula is C17H25ClN2OS. The average Bonchev–Trinajstić information content (AvgIpc) is 2.54. The molecular weight excluding hydrogens is 316 g/mol. The molecule has 0 bridgehead atoms. The summed E-state index contributed by atoms with van der Waals surface area (Å²) in [5.41, 5.74) is 0. The van der Waals surface area contributed by atoms with Gasteiger partial charge in [0.25, 0.3) is 0 Å². The van der Waals surface area contributed by atoms with Crippen LogP contribution in [0.15, 0.2) is 29.2 Å². The summed E-state index contributed by atoms with van der Waals surface area (Å²) < 4.78 is 0. The fourth-order valence-corrected chi connectivity index (χ4v) is 3.63. The van der Waals surface area contributed by atoms with Gasteiger partial charge in [0.2, 0.25) is 5.91 Å². The molecule has 0 unspecified atom stereocenters. The Bertz CT molecular complexity index is 460. The summed E-state index contributed by atoms with van der Waals surface area (Å²) >= 11 is 7.43. The van der Waals surface area contributed by atoms with Crippen molar-refractivity contribution in [2.24, 2.45) is 0 Å². The number of benzene rings is 1. The highest BCUT2D eigenvalue weighted by Gasteiger charge is 2.14. The fourth-order valence-electron chi connectivity index (χ4n) is 2.61. The zero-order valence-electron chi connectivity index (χ0n) is 13.2. The molecule has 1 saturated heterocycles. The Morgan fingerprint density at radius 3 is 2.64 bits per heavy atom. The molecule has 1 aromatic rings. The monoisotopic (exact) mass is 340 g/mol. The molecule has 2 rings (SSSR count). The third-order valence-electron chi connectivity index (χ3n) is 3.89. The van der Waals surface area contributed by atoms with E-state index in [0.717, 1.165) is 29.4 Å². The Balaban J connectivity index is 1.62. The first-order valence-electron chi connectivity index (χ1n) is 8.07. The highest BCUT2D eigenvalue weighted by molar-refractivity contribution is 8.00. The number of thioether (sulfide) groups is 1. The summed E-state index contributed by atoms with van der Waals surface area (Å²) in [7, 11) is 0. The first-order chi connectivity index (χ1) is 10.6. The van der Waals surface area contributed by atoms with E-state index in [4.69, 9.17) is 11.6 Å². The van der Waals surface area contributed by atoms with Crippen LogP contribution in [0.1, 0.15) is 32.6 Å². The molecule has 0 spiro atoms. The van der Waals surface area contributed by atoms with E-state index in [1.807, 2.05) is 31.2 Å². The number of halogens is 1. The van der Waals surface area contributed by atoms with Gasteiger partial charge in [0.1, 0.15) is 0 Å². The Morgan fingerprint density at radius 1 is 1.27 bits per heavy atom. The minimum Gasteiger partial charge on any atom is -0.355 e. The molecule has 1 atom stereocenters. The fraction of sp³-hybridized carbons (Fsp3) is 0.588. The number of rotatable bonds is 7. The average molecular weight is 341 g/mol. The number of amides is 1. The molecule has 1 N–H and O–H groups in total. The second-order valence-electron chi connectivity index (χ2n) is 5.76. The van der Waals surface area contributed by atoms with Crippen molar-refractivity contribution in [3.8, 4) is 0 Å². The van der Waals surface area contributed by atoms with Crippen LogP contribution < -0.4 is 5.32 Å². The highest BCUT2D eigenvalue weighted by Crippen LogP contribution is 2.24. The van der Waals surface area contributed by atoms with Gasteiger partial charge in [0.15, 0.2) is 0 Å². The molecule has 122 valence electrons. The van der Waals surface area contributed by atoms with E-state index in [-0.39, 0.29) is 11.2 Å². The lowest BCUT2D eigenvalue weighted by atomic mass is 10.1. The third-order valence-corrected chi connectivity index (χ3v) is 5.26. The third kappa shape index (κ3) is 6.19. The number of likely N-dealkylation sites (tertiary alicyclic amines) is 1. The predicted octanol–water partition coefficient (Wildman–Crippen LogP) is 3.81. The molecule has 1 aliphatic rings. The van der Waals surface area contributed by atoms with Gasteiger partial charge in [0.05, 0.1) is 5.25 Å². The van der Waals surface area contributed by atoms with Crippen LogP contribution in [0, 0.1) is 0 Å². The lowest BCUT2D eigenvalue weighted by molar-refractivity contribution is -0.120. The molecule has 1 aliphatic heterocycles. The molecule has 22 heavy (non-hydrogen) atoms. The number of hydrogen-bond acceptors (Lipinski definition) is 3. The Morgan fingerprint density at radius 2 is 1.95 bits per heavy atom. The van der Waals surface area contributed by atoms with Gasteiger partial charge in [-0.1, -0.05) is 18.0 Å². The molecule has 3 nitrogen and oxygen atoms in total. The largest absolute Gasteiger partial charge is 0.355 e. The molecule has 5 heteroatoms. The molecule has 0 aliphatic carbocycles. The van der Waals surface area contributed by atoms with Crippen LogP contribution in [-0.2, 0) is 4.79 Å². The van der Waals surface area contributed by atoms with Gasteiger partial charge in [-0.3, -0.25) is 4.79 Å². The standard InChI is InChI=1S/C17H25ClN2OS/c1-14(22-16-8-6-15(18)7-9-16)17(21)19-10-5-13-20-11-3-2-4-12-20/h6-9,14H,2-5,10-13H2,1H3,(H,19,21)/t14-/m0/s1. The van der Waals surface area contributed by atoms with Crippen LogP contribution in [0.25, 0.3) is 0 Å². The second kappa shape index (κ2) is 9.43. The Labute approximate surface area is 142 Å². The molecule has 1 fully saturated rings. The summed E-state index contributed by atoms with van der Waals surface area (Å²) in [5.74, 6) is 0.110. The van der Waals surface area contributed by atoms with Crippen LogP contribution in [0.5, 0.6) is 0 Å². The number of nitrogens with zero attached hydrogens (tertiary/aromatic N) is 1. The van der Waals surface area contributed by atoms with Crippen molar-refractivity contribution in [3.05, 3.63) is 29.3 Å². The van der Waals surface area contributed by atoms with Gasteiger partial charge in [-0.15, -0.1) is 11.8 Å². The van der Waals surface area contributed by atoms with Crippen molar-refractivity contribution in [1.29, 1.82) is 0 Å². The molecule has 0 aromatic heterocycles. The lowest BCUT2D eigenvalue weighted by Gasteiger charge is -2.26. The van der Waals surface area contributed by atoms with E-state index in [2.05, 4.69) is 10.2 Å². The van der Waals surface area contributed by atoms with Crippen LogP contribution >= 0.6 is 23.4 Å². The lowest BCUT2D eigenvalue weighted by Crippen LogP contribution is -2.35. The number of hydrogen-bond donors (Lipinski definition) is 1. The first-order valence-corrected chi connectivity index (χ1v) is 9.33. The summed E-state index contributed by atoms with van der Waals surface area (Å²) in [6.45, 7) is 6.24. The van der Waals surface area contributed by atoms with Gasteiger partial charge in [-0.2, -0.15) is 0 Å². The summed E-state index contributed by atoms with van der Waals surface area (Å²) in [6, 6.07) is 7.61. The molecule has 0 radical (unpaired) electrons. The van der Waals surface area contributed by atoms with Crippen molar-refractivity contribution in [2.45, 2.75) is 42.8 Å². The zero-order valence-corrected chi connectivity index (χ0v) is 14.8. The van der Waals surface area contributed by atoms with Gasteiger partial charge in [0, 0.05) is 16.5 Å². The van der Waals surface area contributed by atoms with Gasteiger partial charge >= 0.3 is 0 Å². The van der Waals surface area contributed by atoms with Crippen molar-refractivity contribution < 1.29 is 4.79 Å². The normalized spacial score (nSPS) is 17.2. The van der Waals surface area contributed by atoms with E-state index >= 15 is 0 Å². The van der Waals surface area contributed by atoms with Gasteiger partial charge in [-0.05, 0) is 70.1 Å². The first kappa shape index (κ1) is 17.6. The molecule has 1 amide bonds. The Hall–Kier alpha value is -0.710. The van der Waals surface area contributed by atoms with E-state index < -0.39 is 0 Å². The quantitative estimate of drug-likeness (QED) is 0.605. The van der Waals surface area contributed by atoms with E-state index in [9.17, 15) is 4.79 Å². The second-order valence-corrected chi connectivity index (χ2v) is 7.61. The van der Waals surface area contributed by atoms with Crippen LogP contribution in [0.3, 0.4) is 0 Å². The summed E-state index contributed by atoms with van der Waals surface area (Å²) in [6.07, 6.45) is 5.04. The molecule has 0 saturated carbocycles. The van der Waals surface area contributed by atoms with Crippen molar-refractivity contribution in [1.82, 2.24) is 10.2 Å². The number of carbonyl (C=O) groups excluding carboxylic acids is 1. The summed E-state index contributed by atoms with van der Waals surface area (Å²) in [5, 5.41) is 3.68. The minimum atomic E-state index is -0.0869. The Kier molecular flexibility index (Phi) is 7.56. The zero-order chi connectivity index (χ0) is 15.8. The highest BCUT2D eigenvalue weighted by atomic mass is 35.5. The van der Waals surface area contributed by atoms with Crippen LogP contribution in [-0.4, -0.2) is 42.2 Å². The van der Waals surface area contributed by atoms with E-state index in [0.29, 0.717) is 0 Å². The number of nitrogens with one attached hydrogen (secondary N) is 1. The topological polar surface area (TPSA) is 32.3 Å². The maximum Gasteiger partial charge on any atom is 0.233 e. The predicted molar refractivity (Wildman–Crippen MR) is 94.7 cm³/mol. The molecule has 1 heterocycles. The SMILES string of the molecule is C[C@H](Sc1ccc(Cl)cc1)C(=O)NCCCN1CCCCC1. The summed E-state index contributed by atoms with van der Waals surface area (Å²) in [4.78, 5) is 15.7. The van der Waals surface area contributed by atoms with Crippen molar-refractivity contribution in [3.63, 3.8) is 0 Å². The number of piperidine rings is 1. The maximum atomic E-state index is 12.1. The van der Waals surface area contributed by atoms with E-state index in [1.54, 1.807) is 11.8 Å². The number of carbonyl (C=O) groups is 1. The van der Waals surface area contributed by atoms with Crippen LogP contribution in [0.2, 0.25) is 5.02 Å². The van der Waals surface area contributed by atoms with Gasteiger partial charge in [-0.25, -0.2) is 0 Å².